The third kappa shape index (κ3) is 4.28. The van der Waals surface area contributed by atoms with E-state index in [4.69, 9.17) is 4.74 Å². The molecule has 0 aliphatic rings. The monoisotopic (exact) mass is 396 g/mol. The summed E-state index contributed by atoms with van der Waals surface area (Å²) in [6.07, 6.45) is 3.23. The molecule has 6 nitrogen and oxygen atoms in total. The molecule has 0 radical (unpaired) electrons. The number of methoxy groups -OCH3 is 1. The van der Waals surface area contributed by atoms with Crippen molar-refractivity contribution in [1.82, 2.24) is 15.6 Å². The van der Waals surface area contributed by atoms with Gasteiger partial charge in [0, 0.05) is 16.7 Å². The first-order valence-corrected chi connectivity index (χ1v) is 9.41. The summed E-state index contributed by atoms with van der Waals surface area (Å²) in [5.41, 5.74) is 7.77. The van der Waals surface area contributed by atoms with Crippen LogP contribution in [0.1, 0.15) is 15.9 Å². The molecule has 4 rings (SSSR count). The van der Waals surface area contributed by atoms with Gasteiger partial charge < -0.3 is 4.74 Å². The second-order valence-electron chi connectivity index (χ2n) is 6.57. The SMILES string of the molecule is COc1ccc(-c2[nH]ncc2C=NNC(=O)c2ccc(-c3ccccc3)cc2)cc1. The van der Waals surface area contributed by atoms with Crippen molar-refractivity contribution in [3.8, 4) is 28.1 Å². The molecule has 0 saturated carbocycles. The van der Waals surface area contributed by atoms with Gasteiger partial charge in [0.05, 0.1) is 25.2 Å². The molecule has 1 heterocycles. The first-order valence-electron chi connectivity index (χ1n) is 9.41. The summed E-state index contributed by atoms with van der Waals surface area (Å²) in [5.74, 6) is 0.499. The maximum absolute atomic E-state index is 12.4. The number of hydrogen-bond donors (Lipinski definition) is 2. The Bertz CT molecular complexity index is 1150. The number of hydrogen-bond acceptors (Lipinski definition) is 4. The molecule has 3 aromatic carbocycles. The van der Waals surface area contributed by atoms with Gasteiger partial charge in [-0.2, -0.15) is 10.2 Å². The number of aromatic nitrogens is 2. The van der Waals surface area contributed by atoms with Gasteiger partial charge >= 0.3 is 0 Å². The lowest BCUT2D eigenvalue weighted by Crippen LogP contribution is -2.17. The molecule has 4 aromatic rings. The highest BCUT2D eigenvalue weighted by molar-refractivity contribution is 5.96. The van der Waals surface area contributed by atoms with E-state index in [2.05, 4.69) is 20.7 Å². The van der Waals surface area contributed by atoms with Gasteiger partial charge in [-0.15, -0.1) is 0 Å². The minimum Gasteiger partial charge on any atom is -0.497 e. The summed E-state index contributed by atoms with van der Waals surface area (Å²) in [4.78, 5) is 12.4. The molecule has 0 bridgehead atoms. The summed E-state index contributed by atoms with van der Waals surface area (Å²) < 4.78 is 5.18. The maximum Gasteiger partial charge on any atom is 0.271 e. The van der Waals surface area contributed by atoms with E-state index in [1.54, 1.807) is 31.7 Å². The van der Waals surface area contributed by atoms with E-state index in [-0.39, 0.29) is 5.91 Å². The Balaban J connectivity index is 1.42. The molecule has 0 unspecified atom stereocenters. The average Bonchev–Trinajstić information content (AvgIpc) is 3.28. The Morgan fingerprint density at radius 1 is 0.933 bits per heavy atom. The van der Waals surface area contributed by atoms with Gasteiger partial charge in [0.1, 0.15) is 5.75 Å². The third-order valence-corrected chi connectivity index (χ3v) is 4.67. The molecule has 1 aromatic heterocycles. The van der Waals surface area contributed by atoms with Crippen molar-refractivity contribution in [2.45, 2.75) is 0 Å². The fraction of sp³-hybridized carbons (Fsp3) is 0.0417. The smallest absolute Gasteiger partial charge is 0.271 e. The van der Waals surface area contributed by atoms with Crippen LogP contribution in [0.2, 0.25) is 0 Å². The lowest BCUT2D eigenvalue weighted by atomic mass is 10.0. The molecule has 30 heavy (non-hydrogen) atoms. The first kappa shape index (κ1) is 19.1. The van der Waals surface area contributed by atoms with Crippen LogP contribution < -0.4 is 10.2 Å². The molecule has 148 valence electrons. The number of H-pyrrole nitrogens is 1. The van der Waals surface area contributed by atoms with E-state index < -0.39 is 0 Å². The second kappa shape index (κ2) is 8.87. The van der Waals surface area contributed by atoms with Crippen LogP contribution in [-0.4, -0.2) is 29.4 Å². The lowest BCUT2D eigenvalue weighted by molar-refractivity contribution is 0.0955. The van der Waals surface area contributed by atoms with E-state index >= 15 is 0 Å². The van der Waals surface area contributed by atoms with E-state index in [1.165, 1.54) is 0 Å². The van der Waals surface area contributed by atoms with Crippen molar-refractivity contribution >= 4 is 12.1 Å². The number of aromatic amines is 1. The Morgan fingerprint density at radius 2 is 1.60 bits per heavy atom. The number of benzene rings is 3. The Hall–Kier alpha value is -4.19. The van der Waals surface area contributed by atoms with Crippen molar-refractivity contribution in [1.29, 1.82) is 0 Å². The van der Waals surface area contributed by atoms with Crippen LogP contribution in [0.5, 0.6) is 5.75 Å². The van der Waals surface area contributed by atoms with Crippen LogP contribution >= 0.6 is 0 Å². The molecule has 0 atom stereocenters. The molecule has 0 aliphatic carbocycles. The average molecular weight is 396 g/mol. The van der Waals surface area contributed by atoms with Crippen LogP contribution in [0.4, 0.5) is 0 Å². The fourth-order valence-electron chi connectivity index (χ4n) is 3.05. The number of hydrazone groups is 1. The van der Waals surface area contributed by atoms with E-state index in [0.29, 0.717) is 5.56 Å². The van der Waals surface area contributed by atoms with Gasteiger partial charge in [-0.1, -0.05) is 42.5 Å². The molecule has 0 spiro atoms. The van der Waals surface area contributed by atoms with Crippen molar-refractivity contribution in [3.05, 3.63) is 96.2 Å². The molecule has 0 fully saturated rings. The third-order valence-electron chi connectivity index (χ3n) is 4.67. The lowest BCUT2D eigenvalue weighted by Gasteiger charge is -2.04. The number of carbonyl (C=O) groups is 1. The van der Waals surface area contributed by atoms with Crippen molar-refractivity contribution in [2.75, 3.05) is 7.11 Å². The predicted molar refractivity (Wildman–Crippen MR) is 118 cm³/mol. The minimum absolute atomic E-state index is 0.277. The highest BCUT2D eigenvalue weighted by Crippen LogP contribution is 2.23. The second-order valence-corrected chi connectivity index (χ2v) is 6.57. The van der Waals surface area contributed by atoms with Crippen LogP contribution in [-0.2, 0) is 0 Å². The molecule has 2 N–H and O–H groups in total. The number of nitrogens with zero attached hydrogens (tertiary/aromatic N) is 2. The van der Waals surface area contributed by atoms with Crippen molar-refractivity contribution in [3.63, 3.8) is 0 Å². The van der Waals surface area contributed by atoms with Crippen LogP contribution in [0, 0.1) is 0 Å². The van der Waals surface area contributed by atoms with Crippen LogP contribution in [0.15, 0.2) is 90.2 Å². The molecule has 1 amide bonds. The highest BCUT2D eigenvalue weighted by Gasteiger charge is 2.08. The molecule has 6 heteroatoms. The number of ether oxygens (including phenoxy) is 1. The quantitative estimate of drug-likeness (QED) is 0.372. The largest absolute Gasteiger partial charge is 0.497 e. The van der Waals surface area contributed by atoms with Gasteiger partial charge in [0.25, 0.3) is 5.91 Å². The zero-order chi connectivity index (χ0) is 20.8. The normalized spacial score (nSPS) is 10.8. The zero-order valence-electron chi connectivity index (χ0n) is 16.4. The van der Waals surface area contributed by atoms with Gasteiger partial charge in [0.2, 0.25) is 0 Å². The maximum atomic E-state index is 12.4. The van der Waals surface area contributed by atoms with Gasteiger partial charge in [0.15, 0.2) is 0 Å². The topological polar surface area (TPSA) is 79.4 Å². The molecule has 0 saturated heterocycles. The highest BCUT2D eigenvalue weighted by atomic mass is 16.5. The van der Waals surface area contributed by atoms with Gasteiger partial charge in [-0.25, -0.2) is 5.43 Å². The summed E-state index contributed by atoms with van der Waals surface area (Å²) in [6, 6.07) is 25.0. The van der Waals surface area contributed by atoms with E-state index in [1.807, 2.05) is 66.7 Å². The first-order chi connectivity index (χ1) is 14.7. The Kier molecular flexibility index (Phi) is 5.66. The summed E-state index contributed by atoms with van der Waals surface area (Å²) in [5, 5.41) is 11.1. The zero-order valence-corrected chi connectivity index (χ0v) is 16.4. The van der Waals surface area contributed by atoms with Crippen molar-refractivity contribution < 1.29 is 9.53 Å². The Morgan fingerprint density at radius 3 is 2.30 bits per heavy atom. The number of rotatable bonds is 6. The standard InChI is InChI=1S/C24H20N4O2/c1-30-22-13-11-19(12-14-22)23-21(15-25-27-23)16-26-28-24(29)20-9-7-18(8-10-20)17-5-3-2-4-6-17/h2-16H,1H3,(H,25,27)(H,28,29). The fourth-order valence-corrected chi connectivity index (χ4v) is 3.05. The molecule has 0 aliphatic heterocycles. The number of nitrogens with one attached hydrogen (secondary N) is 2. The summed E-state index contributed by atoms with van der Waals surface area (Å²) in [7, 11) is 1.63. The summed E-state index contributed by atoms with van der Waals surface area (Å²) in [6.45, 7) is 0. The van der Waals surface area contributed by atoms with Crippen LogP contribution in [0.3, 0.4) is 0 Å². The van der Waals surface area contributed by atoms with E-state index in [0.717, 1.165) is 33.7 Å². The van der Waals surface area contributed by atoms with Gasteiger partial charge in [-0.3, -0.25) is 9.89 Å². The molecular weight excluding hydrogens is 376 g/mol. The molecular formula is C24H20N4O2. The van der Waals surface area contributed by atoms with Crippen molar-refractivity contribution in [2.24, 2.45) is 5.10 Å². The van der Waals surface area contributed by atoms with Gasteiger partial charge in [-0.05, 0) is 47.5 Å². The van der Waals surface area contributed by atoms with E-state index in [9.17, 15) is 4.79 Å². The summed E-state index contributed by atoms with van der Waals surface area (Å²) >= 11 is 0. The number of amides is 1. The Labute approximate surface area is 174 Å². The van der Waals surface area contributed by atoms with Crippen LogP contribution in [0.25, 0.3) is 22.4 Å². The minimum atomic E-state index is -0.277. The number of carbonyl (C=O) groups excluding carboxylic acids is 1. The predicted octanol–water partition coefficient (Wildman–Crippen LogP) is 4.52.